The lowest BCUT2D eigenvalue weighted by Gasteiger charge is -2.05. The summed E-state index contributed by atoms with van der Waals surface area (Å²) in [6, 6.07) is 14.8. The highest BCUT2D eigenvalue weighted by atomic mass is 35.5. The molecule has 0 spiro atoms. The minimum Gasteiger partial charge on any atom is -0.273 e. The van der Waals surface area contributed by atoms with Crippen LogP contribution in [0.1, 0.15) is 16.7 Å². The van der Waals surface area contributed by atoms with Crippen molar-refractivity contribution in [1.29, 1.82) is 0 Å². The molecule has 0 aromatic heterocycles. The fourth-order valence-corrected chi connectivity index (χ4v) is 2.07. The van der Waals surface area contributed by atoms with Crippen LogP contribution in [-0.2, 0) is 16.0 Å². The van der Waals surface area contributed by atoms with Gasteiger partial charge in [0.2, 0.25) is 5.91 Å². The molecule has 2 aromatic rings. The molecule has 118 valence electrons. The van der Waals surface area contributed by atoms with Crippen molar-refractivity contribution in [3.63, 3.8) is 0 Å². The second-order valence-corrected chi connectivity index (χ2v) is 5.45. The second-order valence-electron chi connectivity index (χ2n) is 5.04. The van der Waals surface area contributed by atoms with Crippen LogP contribution in [0.2, 0.25) is 5.02 Å². The number of hydrazine groups is 1. The highest BCUT2D eigenvalue weighted by Gasteiger charge is 2.03. The number of benzene rings is 2. The molecule has 2 amide bonds. The van der Waals surface area contributed by atoms with Gasteiger partial charge in [-0.15, -0.1) is 0 Å². The normalized spacial score (nSPS) is 10.5. The van der Waals surface area contributed by atoms with Crippen LogP contribution in [0.15, 0.2) is 54.6 Å². The third-order valence-corrected chi connectivity index (χ3v) is 3.56. The lowest BCUT2D eigenvalue weighted by atomic mass is 10.1. The van der Waals surface area contributed by atoms with Crippen LogP contribution >= 0.6 is 11.6 Å². The Morgan fingerprint density at radius 1 is 1.09 bits per heavy atom. The maximum absolute atomic E-state index is 11.7. The molecule has 0 aliphatic rings. The summed E-state index contributed by atoms with van der Waals surface area (Å²) in [5.41, 5.74) is 7.38. The molecular formula is C18H17ClN2O2. The van der Waals surface area contributed by atoms with Crippen molar-refractivity contribution in [2.24, 2.45) is 0 Å². The van der Waals surface area contributed by atoms with Gasteiger partial charge in [-0.3, -0.25) is 20.4 Å². The summed E-state index contributed by atoms with van der Waals surface area (Å²) in [6.45, 7) is 1.91. The number of halogens is 1. The zero-order chi connectivity index (χ0) is 16.7. The number of aryl methyl sites for hydroxylation is 1. The smallest absolute Gasteiger partial charge is 0.262 e. The molecule has 2 rings (SSSR count). The van der Waals surface area contributed by atoms with Gasteiger partial charge < -0.3 is 0 Å². The van der Waals surface area contributed by atoms with Crippen molar-refractivity contribution >= 4 is 29.5 Å². The molecule has 23 heavy (non-hydrogen) atoms. The van der Waals surface area contributed by atoms with Crippen LogP contribution in [0.4, 0.5) is 0 Å². The summed E-state index contributed by atoms with van der Waals surface area (Å²) in [6.07, 6.45) is 3.17. The highest BCUT2D eigenvalue weighted by molar-refractivity contribution is 6.31. The average Bonchev–Trinajstić information content (AvgIpc) is 2.55. The quantitative estimate of drug-likeness (QED) is 0.669. The topological polar surface area (TPSA) is 58.2 Å². The molecule has 2 N–H and O–H groups in total. The van der Waals surface area contributed by atoms with E-state index >= 15 is 0 Å². The van der Waals surface area contributed by atoms with Crippen molar-refractivity contribution < 1.29 is 9.59 Å². The van der Waals surface area contributed by atoms with E-state index in [-0.39, 0.29) is 12.3 Å². The van der Waals surface area contributed by atoms with E-state index in [0.717, 1.165) is 16.7 Å². The van der Waals surface area contributed by atoms with Gasteiger partial charge in [0, 0.05) is 11.1 Å². The molecule has 0 unspecified atom stereocenters. The van der Waals surface area contributed by atoms with Gasteiger partial charge in [-0.2, -0.15) is 0 Å². The highest BCUT2D eigenvalue weighted by Crippen LogP contribution is 2.17. The van der Waals surface area contributed by atoms with Gasteiger partial charge in [0.15, 0.2) is 0 Å². The molecule has 0 aliphatic carbocycles. The third-order valence-electron chi connectivity index (χ3n) is 3.16. The van der Waals surface area contributed by atoms with Crippen LogP contribution in [0.25, 0.3) is 6.08 Å². The van der Waals surface area contributed by atoms with Crippen molar-refractivity contribution in [3.8, 4) is 0 Å². The Morgan fingerprint density at radius 3 is 2.52 bits per heavy atom. The minimum absolute atomic E-state index is 0.207. The SMILES string of the molecule is Cc1ccc(/C=C/C(=O)NNC(=O)Cc2ccccc2)cc1Cl. The lowest BCUT2D eigenvalue weighted by Crippen LogP contribution is -2.41. The van der Waals surface area contributed by atoms with Crippen LogP contribution in [0, 0.1) is 6.92 Å². The first-order valence-electron chi connectivity index (χ1n) is 7.11. The number of carbonyl (C=O) groups is 2. The van der Waals surface area contributed by atoms with Gasteiger partial charge in [-0.05, 0) is 35.8 Å². The molecule has 5 heteroatoms. The summed E-state index contributed by atoms with van der Waals surface area (Å²) in [5.74, 6) is -0.695. The molecule has 0 atom stereocenters. The van der Waals surface area contributed by atoms with Crippen molar-refractivity contribution in [1.82, 2.24) is 10.9 Å². The summed E-state index contributed by atoms with van der Waals surface area (Å²) in [4.78, 5) is 23.4. The first kappa shape index (κ1) is 16.8. The van der Waals surface area contributed by atoms with Gasteiger partial charge in [0.1, 0.15) is 0 Å². The van der Waals surface area contributed by atoms with Gasteiger partial charge in [-0.25, -0.2) is 0 Å². The van der Waals surface area contributed by atoms with Crippen LogP contribution in [-0.4, -0.2) is 11.8 Å². The average molecular weight is 329 g/mol. The van der Waals surface area contributed by atoms with Crippen LogP contribution in [0.5, 0.6) is 0 Å². The zero-order valence-corrected chi connectivity index (χ0v) is 13.4. The fourth-order valence-electron chi connectivity index (χ4n) is 1.88. The number of rotatable bonds is 4. The van der Waals surface area contributed by atoms with E-state index < -0.39 is 5.91 Å². The summed E-state index contributed by atoms with van der Waals surface area (Å²) < 4.78 is 0. The molecule has 2 aromatic carbocycles. The molecule has 0 bridgehead atoms. The van der Waals surface area contributed by atoms with E-state index in [1.807, 2.05) is 49.4 Å². The Labute approximate surface area is 140 Å². The van der Waals surface area contributed by atoms with E-state index in [9.17, 15) is 9.59 Å². The molecule has 0 aliphatic heterocycles. The molecule has 0 saturated carbocycles. The summed E-state index contributed by atoms with van der Waals surface area (Å²) in [5, 5.41) is 0.642. The largest absolute Gasteiger partial charge is 0.273 e. The number of amides is 2. The first-order chi connectivity index (χ1) is 11.0. The monoisotopic (exact) mass is 328 g/mol. The first-order valence-corrected chi connectivity index (χ1v) is 7.49. The predicted molar refractivity (Wildman–Crippen MR) is 91.7 cm³/mol. The number of nitrogens with one attached hydrogen (secondary N) is 2. The number of carbonyl (C=O) groups excluding carboxylic acids is 2. The maximum atomic E-state index is 11.7. The van der Waals surface area contributed by atoms with Crippen molar-refractivity contribution in [2.45, 2.75) is 13.3 Å². The second kappa shape index (κ2) is 8.15. The maximum Gasteiger partial charge on any atom is 0.262 e. The van der Waals surface area contributed by atoms with E-state index in [4.69, 9.17) is 11.6 Å². The predicted octanol–water partition coefficient (Wildman–Crippen LogP) is 3.05. The third kappa shape index (κ3) is 5.60. The number of hydrogen-bond donors (Lipinski definition) is 2. The van der Waals surface area contributed by atoms with Gasteiger partial charge in [0.25, 0.3) is 5.91 Å². The van der Waals surface area contributed by atoms with Gasteiger partial charge in [-0.1, -0.05) is 54.1 Å². The molecule has 0 fully saturated rings. The Bertz CT molecular complexity index is 727. The zero-order valence-electron chi connectivity index (χ0n) is 12.7. The van der Waals surface area contributed by atoms with Gasteiger partial charge in [0.05, 0.1) is 6.42 Å². The van der Waals surface area contributed by atoms with Crippen molar-refractivity contribution in [2.75, 3.05) is 0 Å². The van der Waals surface area contributed by atoms with Crippen LogP contribution in [0.3, 0.4) is 0 Å². The van der Waals surface area contributed by atoms with E-state index in [2.05, 4.69) is 10.9 Å². The summed E-state index contributed by atoms with van der Waals surface area (Å²) in [7, 11) is 0. The molecular weight excluding hydrogens is 312 g/mol. The molecule has 0 saturated heterocycles. The van der Waals surface area contributed by atoms with Crippen LogP contribution < -0.4 is 10.9 Å². The Kier molecular flexibility index (Phi) is 5.94. The Morgan fingerprint density at radius 2 is 1.83 bits per heavy atom. The Balaban J connectivity index is 1.81. The minimum atomic E-state index is -0.414. The summed E-state index contributed by atoms with van der Waals surface area (Å²) >= 11 is 6.02. The Hall–Kier alpha value is -2.59. The molecule has 0 heterocycles. The van der Waals surface area contributed by atoms with E-state index in [1.165, 1.54) is 6.08 Å². The standard InChI is InChI=1S/C18H17ClN2O2/c1-13-7-8-15(11-16(13)19)9-10-17(22)20-21-18(23)12-14-5-3-2-4-6-14/h2-11H,12H2,1H3,(H,20,22)(H,21,23)/b10-9+. The molecule has 0 radical (unpaired) electrons. The van der Waals surface area contributed by atoms with E-state index in [0.29, 0.717) is 5.02 Å². The fraction of sp³-hybridized carbons (Fsp3) is 0.111. The van der Waals surface area contributed by atoms with Gasteiger partial charge >= 0.3 is 0 Å². The lowest BCUT2D eigenvalue weighted by molar-refractivity contribution is -0.126. The van der Waals surface area contributed by atoms with E-state index in [1.54, 1.807) is 12.1 Å². The molecule has 4 nitrogen and oxygen atoms in total. The number of hydrogen-bond acceptors (Lipinski definition) is 2. The van der Waals surface area contributed by atoms with Crippen molar-refractivity contribution in [3.05, 3.63) is 76.3 Å².